The zero-order valence-electron chi connectivity index (χ0n) is 15.3. The highest BCUT2D eigenvalue weighted by Gasteiger charge is 2.30. The maximum Gasteiger partial charge on any atom is 0.338 e. The van der Waals surface area contributed by atoms with E-state index in [2.05, 4.69) is 15.4 Å². The third-order valence-corrected chi connectivity index (χ3v) is 6.48. The number of amides is 2. The first kappa shape index (κ1) is 21.9. The monoisotopic (exact) mass is 431 g/mol. The number of sulfonamides is 1. The fourth-order valence-electron chi connectivity index (χ4n) is 2.39. The summed E-state index contributed by atoms with van der Waals surface area (Å²) in [6, 6.07) is 1.92. The van der Waals surface area contributed by atoms with Crippen LogP contribution in [0.3, 0.4) is 0 Å². The van der Waals surface area contributed by atoms with Crippen LogP contribution in [0.5, 0.6) is 0 Å². The quantitative estimate of drug-likeness (QED) is 0.483. The minimum atomic E-state index is -3.66. The molecule has 0 saturated carbocycles. The number of rotatable bonds is 9. The van der Waals surface area contributed by atoms with E-state index in [9.17, 15) is 22.8 Å². The lowest BCUT2D eigenvalue weighted by Crippen LogP contribution is -2.50. The molecule has 0 aliphatic carbocycles. The minimum absolute atomic E-state index is 0.127. The van der Waals surface area contributed by atoms with Crippen molar-refractivity contribution >= 4 is 39.3 Å². The first-order valence-corrected chi connectivity index (χ1v) is 10.8. The van der Waals surface area contributed by atoms with E-state index in [0.29, 0.717) is 0 Å². The lowest BCUT2D eigenvalue weighted by atomic mass is 10.0. The zero-order chi connectivity index (χ0) is 20.7. The van der Waals surface area contributed by atoms with Crippen molar-refractivity contribution in [3.05, 3.63) is 28.8 Å². The number of hydrogen-bond acceptors (Lipinski definition) is 8. The molecule has 0 radical (unpaired) electrons. The molecule has 1 aromatic rings. The second kappa shape index (κ2) is 9.66. The van der Waals surface area contributed by atoms with E-state index >= 15 is 0 Å². The number of urea groups is 1. The number of carbonyl (C=O) groups is 3. The Morgan fingerprint density at radius 2 is 2.07 bits per heavy atom. The normalized spacial score (nSPS) is 16.9. The van der Waals surface area contributed by atoms with Crippen molar-refractivity contribution in [1.82, 2.24) is 15.4 Å². The Hall–Kier alpha value is -2.44. The molecule has 3 N–H and O–H groups in total. The Morgan fingerprint density at radius 1 is 1.32 bits per heavy atom. The smallest absolute Gasteiger partial charge is 0.338 e. The zero-order valence-corrected chi connectivity index (χ0v) is 16.9. The summed E-state index contributed by atoms with van der Waals surface area (Å²) in [6.07, 6.45) is -0.214. The van der Waals surface area contributed by atoms with Gasteiger partial charge in [-0.25, -0.2) is 22.7 Å². The van der Waals surface area contributed by atoms with Gasteiger partial charge in [-0.1, -0.05) is 6.07 Å². The number of nitrogens with one attached hydrogen (secondary N) is 3. The van der Waals surface area contributed by atoms with Gasteiger partial charge in [-0.05, 0) is 25.3 Å². The van der Waals surface area contributed by atoms with E-state index in [0.717, 1.165) is 11.3 Å². The van der Waals surface area contributed by atoms with Crippen molar-refractivity contribution in [2.75, 3.05) is 19.8 Å². The molecule has 28 heavy (non-hydrogen) atoms. The first-order valence-electron chi connectivity index (χ1n) is 8.41. The summed E-state index contributed by atoms with van der Waals surface area (Å²) in [6.45, 7) is 2.91. The molecule has 0 fully saturated rings. The second-order valence-electron chi connectivity index (χ2n) is 5.67. The number of ether oxygens (including phenoxy) is 2. The van der Waals surface area contributed by atoms with Crippen molar-refractivity contribution in [2.24, 2.45) is 0 Å². The Morgan fingerprint density at radius 3 is 2.71 bits per heavy atom. The van der Waals surface area contributed by atoms with Crippen LogP contribution in [0.2, 0.25) is 0 Å². The molecule has 1 aliphatic heterocycles. The summed E-state index contributed by atoms with van der Waals surface area (Å²) in [5, 5.41) is 6.59. The first-order chi connectivity index (χ1) is 13.2. The van der Waals surface area contributed by atoms with Gasteiger partial charge in [0.1, 0.15) is 10.8 Å². The van der Waals surface area contributed by atoms with Crippen LogP contribution < -0.4 is 15.4 Å². The molecular weight excluding hydrogens is 410 g/mol. The third-order valence-electron chi connectivity index (χ3n) is 3.62. The molecular formula is C16H21N3O7S2. The average Bonchev–Trinajstić information content (AvgIpc) is 3.15. The van der Waals surface area contributed by atoms with Gasteiger partial charge in [0.15, 0.2) is 0 Å². The molecule has 2 rings (SSSR count). The summed E-state index contributed by atoms with van der Waals surface area (Å²) >= 11 is 1.06. The summed E-state index contributed by atoms with van der Waals surface area (Å²) in [5.74, 6) is -1.32. The maximum absolute atomic E-state index is 12.1. The SMILES string of the molecule is CCOC(=O)C1=C(COC(=O)CCNS(=O)(=O)c2cccs2)NC(=O)NC1C. The number of thiophene rings is 1. The minimum Gasteiger partial charge on any atom is -0.463 e. The lowest BCUT2D eigenvalue weighted by molar-refractivity contribution is -0.143. The predicted molar refractivity (Wildman–Crippen MR) is 99.9 cm³/mol. The van der Waals surface area contributed by atoms with E-state index in [-0.39, 0.29) is 41.7 Å². The lowest BCUT2D eigenvalue weighted by Gasteiger charge is -2.26. The molecule has 154 valence electrons. The molecule has 1 atom stereocenters. The third kappa shape index (κ3) is 5.78. The molecule has 0 saturated heterocycles. The van der Waals surface area contributed by atoms with E-state index in [4.69, 9.17) is 9.47 Å². The van der Waals surface area contributed by atoms with Crippen molar-refractivity contribution < 1.29 is 32.3 Å². The summed E-state index contributed by atoms with van der Waals surface area (Å²) in [5.41, 5.74) is 0.287. The standard InChI is InChI=1S/C16H21N3O7S2/c1-3-25-15(21)14-10(2)18-16(22)19-11(14)9-26-12(20)6-7-17-28(23,24)13-5-4-8-27-13/h4-5,8,10,17H,3,6-7,9H2,1-2H3,(H2,18,19,22). The van der Waals surface area contributed by atoms with E-state index in [1.807, 2.05) is 0 Å². The van der Waals surface area contributed by atoms with Crippen LogP contribution in [-0.4, -0.2) is 52.2 Å². The number of esters is 2. The summed E-state index contributed by atoms with van der Waals surface area (Å²) in [4.78, 5) is 35.6. The Kier molecular flexibility index (Phi) is 7.54. The van der Waals surface area contributed by atoms with Gasteiger partial charge in [0.25, 0.3) is 0 Å². The van der Waals surface area contributed by atoms with Gasteiger partial charge < -0.3 is 20.1 Å². The van der Waals surface area contributed by atoms with Crippen LogP contribution >= 0.6 is 11.3 Å². The van der Waals surface area contributed by atoms with Crippen LogP contribution in [0, 0.1) is 0 Å². The molecule has 2 heterocycles. The molecule has 1 aliphatic rings. The average molecular weight is 431 g/mol. The molecule has 0 spiro atoms. The molecule has 1 unspecified atom stereocenters. The Labute approximate surface area is 166 Å². The molecule has 0 aromatic carbocycles. The molecule has 2 amide bonds. The van der Waals surface area contributed by atoms with Gasteiger partial charge in [-0.15, -0.1) is 11.3 Å². The van der Waals surface area contributed by atoms with E-state index < -0.39 is 34.0 Å². The Balaban J connectivity index is 1.91. The van der Waals surface area contributed by atoms with Crippen molar-refractivity contribution in [2.45, 2.75) is 30.5 Å². The maximum atomic E-state index is 12.1. The van der Waals surface area contributed by atoms with Crippen LogP contribution in [0.25, 0.3) is 0 Å². The highest BCUT2D eigenvalue weighted by molar-refractivity contribution is 7.91. The predicted octanol–water partition coefficient (Wildman–Crippen LogP) is 0.478. The van der Waals surface area contributed by atoms with Crippen LogP contribution in [0.4, 0.5) is 4.79 Å². The van der Waals surface area contributed by atoms with Gasteiger partial charge in [0, 0.05) is 6.54 Å². The van der Waals surface area contributed by atoms with Crippen molar-refractivity contribution in [3.8, 4) is 0 Å². The number of hydrogen-bond donors (Lipinski definition) is 3. The fourth-order valence-corrected chi connectivity index (χ4v) is 4.46. The highest BCUT2D eigenvalue weighted by atomic mass is 32.2. The van der Waals surface area contributed by atoms with E-state index in [1.165, 1.54) is 6.07 Å². The van der Waals surface area contributed by atoms with Gasteiger partial charge in [0.05, 0.1) is 30.3 Å². The highest BCUT2D eigenvalue weighted by Crippen LogP contribution is 2.16. The fraction of sp³-hybridized carbons (Fsp3) is 0.438. The van der Waals surface area contributed by atoms with Crippen LogP contribution in [0.1, 0.15) is 20.3 Å². The van der Waals surface area contributed by atoms with Crippen LogP contribution in [-0.2, 0) is 29.1 Å². The van der Waals surface area contributed by atoms with Crippen molar-refractivity contribution in [3.63, 3.8) is 0 Å². The van der Waals surface area contributed by atoms with Gasteiger partial charge in [-0.2, -0.15) is 0 Å². The Bertz CT molecular complexity index is 863. The van der Waals surface area contributed by atoms with Gasteiger partial charge >= 0.3 is 18.0 Å². The van der Waals surface area contributed by atoms with Crippen LogP contribution in [0.15, 0.2) is 33.0 Å². The molecule has 0 bridgehead atoms. The largest absolute Gasteiger partial charge is 0.463 e. The topological polar surface area (TPSA) is 140 Å². The van der Waals surface area contributed by atoms with E-state index in [1.54, 1.807) is 25.3 Å². The van der Waals surface area contributed by atoms with Gasteiger partial charge in [0.2, 0.25) is 10.0 Å². The second-order valence-corrected chi connectivity index (χ2v) is 8.61. The molecule has 12 heteroatoms. The molecule has 1 aromatic heterocycles. The summed E-state index contributed by atoms with van der Waals surface area (Å²) < 4.78 is 36.4. The van der Waals surface area contributed by atoms with Crippen molar-refractivity contribution in [1.29, 1.82) is 0 Å². The summed E-state index contributed by atoms with van der Waals surface area (Å²) in [7, 11) is -3.66. The number of carbonyl (C=O) groups excluding carboxylic acids is 3. The van der Waals surface area contributed by atoms with Gasteiger partial charge in [-0.3, -0.25) is 4.79 Å². The molecule has 10 nitrogen and oxygen atoms in total.